The fourth-order valence-corrected chi connectivity index (χ4v) is 11.2. The second kappa shape index (κ2) is 18.3. The average molecular weight is 963 g/mol. The molecule has 2 bridgehead atoms. The van der Waals surface area contributed by atoms with Crippen LogP contribution in [0, 0.1) is 12.3 Å². The number of rotatable bonds is 13. The van der Waals surface area contributed by atoms with Crippen molar-refractivity contribution in [1.82, 2.24) is 34.3 Å². The van der Waals surface area contributed by atoms with Gasteiger partial charge in [-0.2, -0.15) is 28.2 Å². The van der Waals surface area contributed by atoms with Crippen molar-refractivity contribution < 1.29 is 50.3 Å². The average Bonchev–Trinajstić information content (AvgIpc) is 3.56. The summed E-state index contributed by atoms with van der Waals surface area (Å²) < 4.78 is 103. The van der Waals surface area contributed by atoms with Gasteiger partial charge in [-0.3, -0.25) is 9.80 Å². The van der Waals surface area contributed by atoms with Gasteiger partial charge in [-0.15, -0.1) is 0 Å². The number of alkyl halides is 4. The molecule has 6 atom stereocenters. The molecule has 20 heteroatoms. The van der Waals surface area contributed by atoms with Gasteiger partial charge in [0.15, 0.2) is 12.0 Å². The number of esters is 1. The molecule has 3 unspecified atom stereocenters. The summed E-state index contributed by atoms with van der Waals surface area (Å²) in [6.45, 7) is 16.7. The first-order valence-corrected chi connectivity index (χ1v) is 24.7. The van der Waals surface area contributed by atoms with Gasteiger partial charge in [0.05, 0.1) is 70.0 Å². The monoisotopic (exact) mass is 962 g/mol. The fraction of sp³-hybridized carbons (Fsp3) is 0.723. The van der Waals surface area contributed by atoms with Crippen LogP contribution in [-0.4, -0.2) is 127 Å². The van der Waals surface area contributed by atoms with Crippen molar-refractivity contribution in [2.75, 3.05) is 57.9 Å². The van der Waals surface area contributed by atoms with Crippen molar-refractivity contribution >= 4 is 39.8 Å². The minimum atomic E-state index is -4.87. The number of benzene rings is 1. The summed E-state index contributed by atoms with van der Waals surface area (Å²) in [7, 11) is -0.735. The van der Waals surface area contributed by atoms with Crippen LogP contribution in [0.3, 0.4) is 0 Å². The van der Waals surface area contributed by atoms with Crippen LogP contribution in [0.15, 0.2) is 12.3 Å². The molecule has 1 N–H and O–H groups in total. The molecule has 15 nitrogen and oxygen atoms in total. The number of likely N-dealkylation sites (tertiary alicyclic amines) is 1. The molecule has 5 fully saturated rings. The molecule has 3 aromatic rings. The van der Waals surface area contributed by atoms with Gasteiger partial charge in [0.25, 0.3) is 0 Å². The van der Waals surface area contributed by atoms with Crippen LogP contribution in [-0.2, 0) is 37.8 Å². The lowest BCUT2D eigenvalue weighted by molar-refractivity contribution is -0.138. The summed E-state index contributed by atoms with van der Waals surface area (Å²) in [5.41, 5.74) is -2.64. The Kier molecular flexibility index (Phi) is 13.5. The van der Waals surface area contributed by atoms with Crippen LogP contribution in [0.5, 0.6) is 6.01 Å². The number of aromatic nitrogens is 4. The first kappa shape index (κ1) is 49.3. The fourth-order valence-electron chi connectivity index (χ4n) is 10.4. The number of ether oxygens (including phenoxy) is 4. The number of carbonyl (C=O) groups is 2. The predicted octanol–water partition coefficient (Wildman–Crippen LogP) is 8.16. The van der Waals surface area contributed by atoms with E-state index in [1.54, 1.807) is 30.4 Å². The molecule has 1 saturated carbocycles. The van der Waals surface area contributed by atoms with Crippen LogP contribution in [0.25, 0.3) is 10.9 Å². The normalized spacial score (nSPS) is 25.4. The Morgan fingerprint density at radius 3 is 2.39 bits per heavy atom. The van der Waals surface area contributed by atoms with Crippen LogP contribution in [0.1, 0.15) is 145 Å². The number of methoxy groups -OCH3 is 1. The van der Waals surface area contributed by atoms with E-state index >= 15 is 13.2 Å². The zero-order valence-electron chi connectivity index (χ0n) is 40.2. The molecule has 370 valence electrons. The molecule has 8 rings (SSSR count). The molecular weight excluding hydrogens is 897 g/mol. The van der Waals surface area contributed by atoms with Gasteiger partial charge >= 0.3 is 24.2 Å². The molecule has 4 saturated heterocycles. The second-order valence-electron chi connectivity index (χ2n) is 21.6. The van der Waals surface area contributed by atoms with Crippen LogP contribution in [0.4, 0.5) is 28.2 Å². The molecule has 6 heterocycles. The summed E-state index contributed by atoms with van der Waals surface area (Å²) in [6.07, 6.45) is 0.0671. The number of nitrogens with zero attached hydrogens (tertiary/aromatic N) is 7. The number of anilines is 1. The first-order chi connectivity index (χ1) is 31.4. The number of aryl methyl sites for hydroxylation is 1. The zero-order chi connectivity index (χ0) is 48.4. The number of fused-ring (bicyclic) bond motifs is 3. The van der Waals surface area contributed by atoms with E-state index < -0.39 is 69.1 Å². The third-order valence-corrected chi connectivity index (χ3v) is 15.4. The number of hydrogen-bond acceptors (Lipinski definition) is 12. The Hall–Kier alpha value is -4.14. The van der Waals surface area contributed by atoms with Gasteiger partial charge in [0.1, 0.15) is 17.3 Å². The summed E-state index contributed by atoms with van der Waals surface area (Å²) in [6, 6.07) is -0.350. The van der Waals surface area contributed by atoms with Crippen LogP contribution in [0.2, 0.25) is 0 Å². The van der Waals surface area contributed by atoms with Gasteiger partial charge in [0.2, 0.25) is 0 Å². The summed E-state index contributed by atoms with van der Waals surface area (Å²) >= 11 is 0. The molecule has 5 aliphatic rings. The van der Waals surface area contributed by atoms with Crippen molar-refractivity contribution in [3.05, 3.63) is 40.2 Å². The molecule has 4 aliphatic heterocycles. The maximum atomic E-state index is 15.6. The smallest absolute Gasteiger partial charge is 0.417 e. The van der Waals surface area contributed by atoms with Crippen molar-refractivity contribution in [3.8, 4) is 6.01 Å². The predicted molar refractivity (Wildman–Crippen MR) is 244 cm³/mol. The van der Waals surface area contributed by atoms with Crippen molar-refractivity contribution in [3.63, 3.8) is 0 Å². The minimum absolute atomic E-state index is 0.0118. The third-order valence-electron chi connectivity index (χ3n) is 13.8. The number of amides is 1. The Morgan fingerprint density at radius 1 is 1.04 bits per heavy atom. The van der Waals surface area contributed by atoms with Gasteiger partial charge < -0.3 is 23.8 Å². The number of hydrogen-bond donors (Lipinski definition) is 1. The van der Waals surface area contributed by atoms with E-state index in [1.807, 2.05) is 32.6 Å². The Morgan fingerprint density at radius 2 is 1.79 bits per heavy atom. The standard InChI is InChI=1S/C47H66F4N8O7S/c1-28-20-34-31(22-52-59(34)35-12-10-11-19-64-35)36(38(28)47(49,50)51)33(55-67(62)44(5,6)7)21-32-37(40(60)63-9)39(54-41(53-32)65-27-46(16-17-46)26-56-18-14-29(48)23-56)57-24-30-13-15-45(8,25-57)58(30)42(61)66-43(2,3)4/h20,22,29-30,33,35,55H,10-19,21,23-27H2,1-9H3/t29-,30-,33?,35?,45-,67?/m1/s1. The van der Waals surface area contributed by atoms with E-state index in [-0.39, 0.29) is 77.2 Å². The lowest BCUT2D eigenvalue weighted by Crippen LogP contribution is -2.63. The summed E-state index contributed by atoms with van der Waals surface area (Å²) in [5.74, 6) is -0.692. The van der Waals surface area contributed by atoms with Gasteiger partial charge in [0, 0.05) is 56.6 Å². The molecule has 67 heavy (non-hydrogen) atoms. The number of piperazine rings is 1. The Balaban J connectivity index is 1.27. The Labute approximate surface area is 392 Å². The van der Waals surface area contributed by atoms with E-state index in [0.29, 0.717) is 57.4 Å². The van der Waals surface area contributed by atoms with Gasteiger partial charge in [-0.25, -0.2) is 27.6 Å². The van der Waals surface area contributed by atoms with E-state index in [1.165, 1.54) is 26.3 Å². The zero-order valence-corrected chi connectivity index (χ0v) is 41.0. The second-order valence-corrected chi connectivity index (χ2v) is 23.5. The van der Waals surface area contributed by atoms with Crippen LogP contribution >= 0.6 is 0 Å². The highest BCUT2D eigenvalue weighted by Gasteiger charge is 2.53. The molecular formula is C47H66F4N8O7S. The topological polar surface area (TPSA) is 153 Å². The Bertz CT molecular complexity index is 2380. The highest BCUT2D eigenvalue weighted by molar-refractivity contribution is 7.84. The maximum Gasteiger partial charge on any atom is 0.417 e. The summed E-state index contributed by atoms with van der Waals surface area (Å²) in [5, 5.41) is 4.78. The van der Waals surface area contributed by atoms with Crippen molar-refractivity contribution in [2.24, 2.45) is 5.41 Å². The molecule has 1 aromatic carbocycles. The molecule has 0 spiro atoms. The van der Waals surface area contributed by atoms with E-state index in [2.05, 4.69) is 14.7 Å². The quantitative estimate of drug-likeness (QED) is 0.130. The van der Waals surface area contributed by atoms with Crippen molar-refractivity contribution in [1.29, 1.82) is 0 Å². The van der Waals surface area contributed by atoms with Gasteiger partial charge in [-0.05, 0) is 124 Å². The highest BCUT2D eigenvalue weighted by Crippen LogP contribution is 2.48. The number of carbonyl (C=O) groups excluding carboxylic acids is 2. The highest BCUT2D eigenvalue weighted by atomic mass is 32.2. The first-order valence-electron chi connectivity index (χ1n) is 23.5. The van der Waals surface area contributed by atoms with Crippen LogP contribution < -0.4 is 14.4 Å². The molecule has 1 amide bonds. The molecule has 2 aromatic heterocycles. The lowest BCUT2D eigenvalue weighted by atomic mass is 9.89. The summed E-state index contributed by atoms with van der Waals surface area (Å²) in [4.78, 5) is 43.6. The minimum Gasteiger partial charge on any atom is -0.465 e. The number of halogens is 4. The van der Waals surface area contributed by atoms with E-state index in [9.17, 15) is 18.2 Å². The lowest BCUT2D eigenvalue weighted by Gasteiger charge is -2.47. The van der Waals surface area contributed by atoms with Gasteiger partial charge in [-0.1, -0.05) is 0 Å². The molecule has 0 radical (unpaired) electrons. The van der Waals surface area contributed by atoms with E-state index in [4.69, 9.17) is 28.9 Å². The van der Waals surface area contributed by atoms with Crippen molar-refractivity contribution in [2.45, 2.75) is 160 Å². The third kappa shape index (κ3) is 10.4. The number of nitrogens with one attached hydrogen (secondary N) is 1. The largest absolute Gasteiger partial charge is 0.465 e. The van der Waals surface area contributed by atoms with E-state index in [0.717, 1.165) is 25.7 Å². The SMILES string of the molecule is COC(=O)c1c(CC(NS(=O)C(C)(C)C)c2c(C(F)(F)F)c(C)cc3c2cnn3C2CCCCO2)nc(OCC2(CN3CC[C@@H](F)C3)CC2)nc1N1C[C@H]2CC[C@](C)(C1)N2C(=O)OC(C)(C)C. The molecule has 1 aliphatic carbocycles. The maximum absolute atomic E-state index is 15.6.